The van der Waals surface area contributed by atoms with E-state index in [0.717, 1.165) is 0 Å². The monoisotopic (exact) mass is 160 g/mol. The van der Waals surface area contributed by atoms with Gasteiger partial charge in [0.1, 0.15) is 0 Å². The van der Waals surface area contributed by atoms with E-state index in [0.29, 0.717) is 12.3 Å². The number of hydrogen-bond acceptors (Lipinski definition) is 2. The molecular weight excluding hydrogens is 140 g/mol. The maximum Gasteiger partial charge on any atom is 0.0647 e. The molecule has 11 heavy (non-hydrogen) atoms. The van der Waals surface area contributed by atoms with Crippen molar-refractivity contribution in [1.82, 2.24) is 0 Å². The summed E-state index contributed by atoms with van der Waals surface area (Å²) >= 11 is 0. The topological polar surface area (TPSA) is 29.5 Å². The van der Waals surface area contributed by atoms with Gasteiger partial charge >= 0.3 is 0 Å². The predicted octanol–water partition coefficient (Wildman–Crippen LogP) is 1.82. The average Bonchev–Trinajstić information content (AvgIpc) is 1.87. The van der Waals surface area contributed by atoms with Gasteiger partial charge in [-0.2, -0.15) is 0 Å². The first-order valence-electron chi connectivity index (χ1n) is 4.12. The molecule has 1 N–H and O–H groups in total. The molecule has 0 aliphatic heterocycles. The van der Waals surface area contributed by atoms with Crippen LogP contribution in [0.25, 0.3) is 0 Å². The maximum atomic E-state index is 9.51. The van der Waals surface area contributed by atoms with Crippen LogP contribution in [0.1, 0.15) is 34.1 Å². The van der Waals surface area contributed by atoms with Gasteiger partial charge in [0.2, 0.25) is 0 Å². The zero-order valence-corrected chi connectivity index (χ0v) is 8.22. The number of aliphatic hydroxyl groups excluding tert-OH is 1. The fourth-order valence-electron chi connectivity index (χ4n) is 0.823. The van der Waals surface area contributed by atoms with E-state index >= 15 is 0 Å². The van der Waals surface area contributed by atoms with Gasteiger partial charge in [-0.25, -0.2) is 0 Å². The van der Waals surface area contributed by atoms with Crippen LogP contribution < -0.4 is 0 Å². The molecule has 68 valence electrons. The fourth-order valence-corrected chi connectivity index (χ4v) is 0.823. The van der Waals surface area contributed by atoms with Gasteiger partial charge in [0, 0.05) is 13.5 Å². The van der Waals surface area contributed by atoms with Crippen molar-refractivity contribution in [3.05, 3.63) is 0 Å². The normalized spacial score (nSPS) is 15.5. The minimum absolute atomic E-state index is 0.205. The highest BCUT2D eigenvalue weighted by atomic mass is 16.5. The molecule has 0 amide bonds. The van der Waals surface area contributed by atoms with Crippen molar-refractivity contribution in [1.29, 1.82) is 0 Å². The molecular formula is C9H20O2. The Kier molecular flexibility index (Phi) is 4.04. The number of methoxy groups -OCH3 is 1. The van der Waals surface area contributed by atoms with Gasteiger partial charge in [0.05, 0.1) is 11.7 Å². The Morgan fingerprint density at radius 1 is 1.36 bits per heavy atom. The van der Waals surface area contributed by atoms with Crippen LogP contribution in [0.2, 0.25) is 0 Å². The van der Waals surface area contributed by atoms with Crippen LogP contribution >= 0.6 is 0 Å². The standard InChI is InChI=1S/C9H20O2/c1-7(2)8(10)6-9(3,4)11-5/h7-8,10H,6H2,1-5H3. The van der Waals surface area contributed by atoms with E-state index in [1.54, 1.807) is 7.11 Å². The van der Waals surface area contributed by atoms with E-state index in [-0.39, 0.29) is 11.7 Å². The summed E-state index contributed by atoms with van der Waals surface area (Å²) in [5.74, 6) is 0.310. The van der Waals surface area contributed by atoms with E-state index in [2.05, 4.69) is 0 Å². The minimum Gasteiger partial charge on any atom is -0.393 e. The average molecular weight is 160 g/mol. The van der Waals surface area contributed by atoms with Gasteiger partial charge in [-0.3, -0.25) is 0 Å². The first kappa shape index (κ1) is 10.9. The quantitative estimate of drug-likeness (QED) is 0.679. The van der Waals surface area contributed by atoms with Gasteiger partial charge in [-0.1, -0.05) is 13.8 Å². The number of rotatable bonds is 4. The molecule has 0 aromatic rings. The number of hydrogen-bond donors (Lipinski definition) is 1. The summed E-state index contributed by atoms with van der Waals surface area (Å²) in [6.45, 7) is 7.99. The van der Waals surface area contributed by atoms with E-state index < -0.39 is 0 Å². The lowest BCUT2D eigenvalue weighted by molar-refractivity contribution is -0.0302. The molecule has 0 heterocycles. The van der Waals surface area contributed by atoms with Gasteiger partial charge in [-0.15, -0.1) is 0 Å². The lowest BCUT2D eigenvalue weighted by Gasteiger charge is -2.27. The van der Waals surface area contributed by atoms with Gasteiger partial charge in [0.15, 0.2) is 0 Å². The number of aliphatic hydroxyl groups is 1. The molecule has 0 aromatic heterocycles. The fraction of sp³-hybridized carbons (Fsp3) is 1.00. The van der Waals surface area contributed by atoms with Crippen LogP contribution in [0.15, 0.2) is 0 Å². The predicted molar refractivity (Wildman–Crippen MR) is 46.5 cm³/mol. The van der Waals surface area contributed by atoms with Crippen molar-refractivity contribution in [3.8, 4) is 0 Å². The molecule has 0 bridgehead atoms. The summed E-state index contributed by atoms with van der Waals surface area (Å²) < 4.78 is 5.20. The largest absolute Gasteiger partial charge is 0.393 e. The minimum atomic E-state index is -0.259. The van der Waals surface area contributed by atoms with Crippen LogP contribution in [0.3, 0.4) is 0 Å². The molecule has 0 spiro atoms. The highest BCUT2D eigenvalue weighted by molar-refractivity contribution is 4.74. The van der Waals surface area contributed by atoms with Crippen molar-refractivity contribution >= 4 is 0 Å². The first-order valence-corrected chi connectivity index (χ1v) is 4.12. The Morgan fingerprint density at radius 3 is 2.09 bits per heavy atom. The summed E-state index contributed by atoms with van der Waals surface area (Å²) in [6, 6.07) is 0. The van der Waals surface area contributed by atoms with Crippen molar-refractivity contribution in [2.24, 2.45) is 5.92 Å². The summed E-state index contributed by atoms with van der Waals surface area (Å²) in [5.41, 5.74) is -0.205. The van der Waals surface area contributed by atoms with Gasteiger partial charge < -0.3 is 9.84 Å². The molecule has 1 atom stereocenters. The molecule has 0 aliphatic rings. The molecule has 1 unspecified atom stereocenters. The Bertz CT molecular complexity index is 108. The van der Waals surface area contributed by atoms with Crippen LogP contribution in [-0.4, -0.2) is 23.9 Å². The van der Waals surface area contributed by atoms with Crippen LogP contribution in [0.5, 0.6) is 0 Å². The molecule has 0 fully saturated rings. The maximum absolute atomic E-state index is 9.51. The summed E-state index contributed by atoms with van der Waals surface area (Å²) in [5, 5.41) is 9.51. The van der Waals surface area contributed by atoms with Crippen molar-refractivity contribution < 1.29 is 9.84 Å². The highest BCUT2D eigenvalue weighted by Crippen LogP contribution is 2.19. The molecule has 2 heteroatoms. The van der Waals surface area contributed by atoms with E-state index in [1.165, 1.54) is 0 Å². The van der Waals surface area contributed by atoms with Crippen LogP contribution in [-0.2, 0) is 4.74 Å². The summed E-state index contributed by atoms with van der Waals surface area (Å²) in [4.78, 5) is 0. The van der Waals surface area contributed by atoms with Gasteiger partial charge in [-0.05, 0) is 19.8 Å². The van der Waals surface area contributed by atoms with Crippen LogP contribution in [0.4, 0.5) is 0 Å². The molecule has 0 saturated carbocycles. The molecule has 0 rings (SSSR count). The second kappa shape index (κ2) is 4.07. The van der Waals surface area contributed by atoms with Crippen LogP contribution in [0, 0.1) is 5.92 Å². The highest BCUT2D eigenvalue weighted by Gasteiger charge is 2.22. The third kappa shape index (κ3) is 4.38. The third-order valence-corrected chi connectivity index (χ3v) is 2.02. The Hall–Kier alpha value is -0.0800. The Labute approximate surface area is 69.6 Å². The van der Waals surface area contributed by atoms with Gasteiger partial charge in [0.25, 0.3) is 0 Å². The van der Waals surface area contributed by atoms with Crippen molar-refractivity contribution in [2.75, 3.05) is 7.11 Å². The molecule has 0 saturated heterocycles. The lowest BCUT2D eigenvalue weighted by Crippen LogP contribution is -2.31. The third-order valence-electron chi connectivity index (χ3n) is 2.02. The zero-order valence-electron chi connectivity index (χ0n) is 8.22. The van der Waals surface area contributed by atoms with E-state index in [9.17, 15) is 5.11 Å². The second-order valence-electron chi connectivity index (χ2n) is 3.98. The summed E-state index contributed by atoms with van der Waals surface area (Å²) in [7, 11) is 1.67. The molecule has 2 nitrogen and oxygen atoms in total. The Morgan fingerprint density at radius 2 is 1.82 bits per heavy atom. The SMILES string of the molecule is COC(C)(C)CC(O)C(C)C. The lowest BCUT2D eigenvalue weighted by atomic mass is 9.94. The van der Waals surface area contributed by atoms with E-state index in [4.69, 9.17) is 4.74 Å². The van der Waals surface area contributed by atoms with Crippen molar-refractivity contribution in [2.45, 2.75) is 45.8 Å². The first-order chi connectivity index (χ1) is 4.89. The molecule has 0 aliphatic carbocycles. The van der Waals surface area contributed by atoms with E-state index in [1.807, 2.05) is 27.7 Å². The zero-order chi connectivity index (χ0) is 9.07. The number of ether oxygens (including phenoxy) is 1. The smallest absolute Gasteiger partial charge is 0.0647 e. The Balaban J connectivity index is 3.83. The summed E-state index contributed by atoms with van der Waals surface area (Å²) in [6.07, 6.45) is 0.436. The second-order valence-corrected chi connectivity index (χ2v) is 3.98. The van der Waals surface area contributed by atoms with Crippen molar-refractivity contribution in [3.63, 3.8) is 0 Å². The molecule has 0 aromatic carbocycles. The molecule has 0 radical (unpaired) electrons.